The average molecular weight is 280 g/mol. The number of carbonyl (C=O) groups is 1. The molecule has 0 N–H and O–H groups in total. The van der Waals surface area contributed by atoms with Gasteiger partial charge in [0.2, 0.25) is 0 Å². The summed E-state index contributed by atoms with van der Waals surface area (Å²) in [7, 11) is 1.64. The fourth-order valence-corrected chi connectivity index (χ4v) is 2.34. The number of hydrogen-bond donors (Lipinski definition) is 0. The highest BCUT2D eigenvalue weighted by molar-refractivity contribution is 5.96. The number of Topliss-reactive ketones (excluding diaryl/α,β-unsaturated/α-hetero) is 1. The molecule has 0 saturated carbocycles. The highest BCUT2D eigenvalue weighted by Crippen LogP contribution is 2.30. The lowest BCUT2D eigenvalue weighted by Crippen LogP contribution is -2.21. The van der Waals surface area contributed by atoms with Gasteiger partial charge >= 0.3 is 0 Å². The first-order valence-electron chi connectivity index (χ1n) is 6.87. The van der Waals surface area contributed by atoms with Crippen LogP contribution >= 0.6 is 0 Å². The molecule has 1 heterocycles. The van der Waals surface area contributed by atoms with Gasteiger partial charge in [0.1, 0.15) is 17.6 Å². The van der Waals surface area contributed by atoms with Crippen molar-refractivity contribution in [1.29, 1.82) is 0 Å². The Bertz CT molecular complexity index is 674. The quantitative estimate of drug-likeness (QED) is 0.800. The molecule has 106 valence electrons. The zero-order valence-corrected chi connectivity index (χ0v) is 11.8. The Morgan fingerprint density at radius 2 is 2.00 bits per heavy atom. The van der Waals surface area contributed by atoms with Crippen LogP contribution in [0.2, 0.25) is 0 Å². The molecule has 3 rings (SSSR count). The van der Waals surface area contributed by atoms with E-state index >= 15 is 0 Å². The van der Waals surface area contributed by atoms with Crippen molar-refractivity contribution < 1.29 is 14.3 Å². The van der Waals surface area contributed by atoms with E-state index in [2.05, 4.69) is 0 Å². The Balaban J connectivity index is 1.72. The van der Waals surface area contributed by atoms with E-state index in [1.807, 2.05) is 60.7 Å². The van der Waals surface area contributed by atoms with E-state index in [1.165, 1.54) is 0 Å². The normalized spacial score (nSPS) is 16.0. The van der Waals surface area contributed by atoms with Gasteiger partial charge in [0.25, 0.3) is 0 Å². The van der Waals surface area contributed by atoms with Gasteiger partial charge in [-0.15, -0.1) is 0 Å². The summed E-state index contributed by atoms with van der Waals surface area (Å²) in [6, 6.07) is 14.9. The molecular formula is C18H16O3. The number of fused-ring (bicyclic) bond motifs is 1. The molecule has 3 nitrogen and oxygen atoms in total. The van der Waals surface area contributed by atoms with E-state index in [-0.39, 0.29) is 11.9 Å². The number of ether oxygens (including phenoxy) is 2. The summed E-state index contributed by atoms with van der Waals surface area (Å²) in [4.78, 5) is 12.2. The molecule has 1 aliphatic rings. The summed E-state index contributed by atoms with van der Waals surface area (Å²) in [5.41, 5.74) is 1.69. The lowest BCUT2D eigenvalue weighted by molar-refractivity contribution is 0.0935. The van der Waals surface area contributed by atoms with Crippen molar-refractivity contribution in [1.82, 2.24) is 0 Å². The van der Waals surface area contributed by atoms with Gasteiger partial charge < -0.3 is 9.47 Å². The van der Waals surface area contributed by atoms with Crippen molar-refractivity contribution >= 4 is 11.9 Å². The van der Waals surface area contributed by atoms with Crippen molar-refractivity contribution in [2.24, 2.45) is 0 Å². The van der Waals surface area contributed by atoms with E-state index in [1.54, 1.807) is 7.11 Å². The van der Waals surface area contributed by atoms with Crippen molar-refractivity contribution in [3.8, 4) is 11.5 Å². The second kappa shape index (κ2) is 5.83. The second-order valence-electron chi connectivity index (χ2n) is 4.91. The Morgan fingerprint density at radius 1 is 1.19 bits per heavy atom. The van der Waals surface area contributed by atoms with E-state index in [0.717, 1.165) is 22.6 Å². The molecule has 1 aliphatic heterocycles. The number of methoxy groups -OCH3 is 1. The number of hydrogen-bond acceptors (Lipinski definition) is 3. The van der Waals surface area contributed by atoms with Crippen LogP contribution in [0, 0.1) is 0 Å². The maximum Gasteiger partial charge on any atom is 0.166 e. The molecule has 0 aliphatic carbocycles. The first-order chi connectivity index (χ1) is 10.3. The maximum atomic E-state index is 12.2. The van der Waals surface area contributed by atoms with Crippen molar-refractivity contribution in [2.75, 3.05) is 7.11 Å². The van der Waals surface area contributed by atoms with Crippen LogP contribution in [0.25, 0.3) is 6.08 Å². The predicted molar refractivity (Wildman–Crippen MR) is 81.8 cm³/mol. The topological polar surface area (TPSA) is 35.5 Å². The zero-order chi connectivity index (χ0) is 14.7. The molecule has 0 aromatic heterocycles. The van der Waals surface area contributed by atoms with E-state index in [9.17, 15) is 4.79 Å². The number of ketones is 1. The van der Waals surface area contributed by atoms with Crippen LogP contribution in [0.1, 0.15) is 22.3 Å². The molecule has 0 saturated heterocycles. The van der Waals surface area contributed by atoms with Crippen molar-refractivity contribution in [3.63, 3.8) is 0 Å². The van der Waals surface area contributed by atoms with Gasteiger partial charge in [0, 0.05) is 11.1 Å². The van der Waals surface area contributed by atoms with Gasteiger partial charge in [-0.25, -0.2) is 0 Å². The Morgan fingerprint density at radius 3 is 2.76 bits per heavy atom. The molecule has 1 atom stereocenters. The van der Waals surface area contributed by atoms with Crippen molar-refractivity contribution in [2.45, 2.75) is 12.5 Å². The van der Waals surface area contributed by atoms with Gasteiger partial charge in [-0.2, -0.15) is 0 Å². The minimum atomic E-state index is -0.224. The first kappa shape index (κ1) is 13.4. The van der Waals surface area contributed by atoms with Gasteiger partial charge in [-0.05, 0) is 24.3 Å². The number of carbonyl (C=O) groups excluding carboxylic acids is 1. The van der Waals surface area contributed by atoms with Gasteiger partial charge in [0.05, 0.1) is 13.5 Å². The molecule has 0 amide bonds. The summed E-state index contributed by atoms with van der Waals surface area (Å²) in [5.74, 6) is 1.66. The maximum absolute atomic E-state index is 12.2. The van der Waals surface area contributed by atoms with E-state index in [0.29, 0.717) is 6.42 Å². The molecule has 0 bridgehead atoms. The monoisotopic (exact) mass is 280 g/mol. The highest BCUT2D eigenvalue weighted by Gasteiger charge is 2.19. The molecule has 2 aromatic rings. The van der Waals surface area contributed by atoms with Crippen LogP contribution < -0.4 is 9.47 Å². The fraction of sp³-hybridized carbons (Fsp3) is 0.167. The van der Waals surface area contributed by atoms with Gasteiger partial charge in [0.15, 0.2) is 5.78 Å². The van der Waals surface area contributed by atoms with E-state index < -0.39 is 0 Å². The average Bonchev–Trinajstić information content (AvgIpc) is 2.55. The summed E-state index contributed by atoms with van der Waals surface area (Å²) in [6.45, 7) is 0. The number of rotatable bonds is 4. The lowest BCUT2D eigenvalue weighted by Gasteiger charge is -2.21. The summed E-state index contributed by atoms with van der Waals surface area (Å²) in [5, 5.41) is 0. The third-order valence-corrected chi connectivity index (χ3v) is 3.47. The Hall–Kier alpha value is -2.55. The molecule has 21 heavy (non-hydrogen) atoms. The Kier molecular flexibility index (Phi) is 3.73. The van der Waals surface area contributed by atoms with Crippen LogP contribution in [-0.4, -0.2) is 19.0 Å². The number of benzene rings is 2. The first-order valence-corrected chi connectivity index (χ1v) is 6.87. The predicted octanol–water partition coefficient (Wildman–Crippen LogP) is 3.74. The summed E-state index contributed by atoms with van der Waals surface area (Å²) < 4.78 is 11.0. The molecular weight excluding hydrogens is 264 g/mol. The minimum absolute atomic E-state index is 0.0854. The highest BCUT2D eigenvalue weighted by atomic mass is 16.5. The third-order valence-electron chi connectivity index (χ3n) is 3.47. The van der Waals surface area contributed by atoms with Gasteiger partial charge in [-0.1, -0.05) is 36.4 Å². The van der Waals surface area contributed by atoms with Crippen molar-refractivity contribution in [3.05, 3.63) is 65.7 Å². The molecule has 1 unspecified atom stereocenters. The van der Waals surface area contributed by atoms with Crippen LogP contribution in [0.15, 0.2) is 54.6 Å². The molecule has 3 heteroatoms. The standard InChI is InChI=1S/C18H16O3/c1-20-15-9-10-18-14(11-15)7-8-16(21-18)12-17(19)13-5-3-2-4-6-13/h2-11,16H,12H2,1H3. The van der Waals surface area contributed by atoms with Crippen LogP contribution in [0.4, 0.5) is 0 Å². The van der Waals surface area contributed by atoms with Crippen LogP contribution in [0.3, 0.4) is 0 Å². The molecule has 0 spiro atoms. The fourth-order valence-electron chi connectivity index (χ4n) is 2.34. The second-order valence-corrected chi connectivity index (χ2v) is 4.91. The Labute approximate surface area is 123 Å². The summed E-state index contributed by atoms with van der Waals surface area (Å²) in [6.07, 6.45) is 4.01. The third kappa shape index (κ3) is 2.97. The summed E-state index contributed by atoms with van der Waals surface area (Å²) >= 11 is 0. The van der Waals surface area contributed by atoms with Crippen LogP contribution in [0.5, 0.6) is 11.5 Å². The SMILES string of the molecule is COc1ccc2c(c1)C=CC(CC(=O)c1ccccc1)O2. The smallest absolute Gasteiger partial charge is 0.166 e. The molecule has 0 radical (unpaired) electrons. The minimum Gasteiger partial charge on any atom is -0.497 e. The van der Waals surface area contributed by atoms with Crippen LogP contribution in [-0.2, 0) is 0 Å². The zero-order valence-electron chi connectivity index (χ0n) is 11.8. The largest absolute Gasteiger partial charge is 0.497 e. The molecule has 2 aromatic carbocycles. The van der Waals surface area contributed by atoms with Gasteiger partial charge in [-0.3, -0.25) is 4.79 Å². The van der Waals surface area contributed by atoms with E-state index in [4.69, 9.17) is 9.47 Å². The molecule has 0 fully saturated rings. The lowest BCUT2D eigenvalue weighted by atomic mass is 10.0.